The van der Waals surface area contributed by atoms with E-state index < -0.39 is 11.8 Å². The zero-order valence-corrected chi connectivity index (χ0v) is 23.6. The van der Waals surface area contributed by atoms with Gasteiger partial charge in [-0.25, -0.2) is 18.6 Å². The average molecular weight is 586 g/mol. The summed E-state index contributed by atoms with van der Waals surface area (Å²) in [4.78, 5) is 23.4. The Bertz CT molecular complexity index is 1750. The molecule has 2 aliphatic rings. The van der Waals surface area contributed by atoms with Crippen LogP contribution in [0.5, 0.6) is 5.88 Å². The van der Waals surface area contributed by atoms with Crippen molar-refractivity contribution in [1.82, 2.24) is 14.5 Å². The lowest BCUT2D eigenvalue weighted by atomic mass is 10.0. The number of aromatic nitrogens is 3. The van der Waals surface area contributed by atoms with E-state index >= 15 is 4.39 Å². The lowest BCUT2D eigenvalue weighted by Crippen LogP contribution is -2.32. The zero-order chi connectivity index (χ0) is 29.9. The average Bonchev–Trinajstić information content (AvgIpc) is 3.39. The van der Waals surface area contributed by atoms with E-state index in [-0.39, 0.29) is 29.9 Å². The lowest BCUT2D eigenvalue weighted by Gasteiger charge is -2.30. The summed E-state index contributed by atoms with van der Waals surface area (Å²) in [7, 11) is 1.32. The number of methoxy groups -OCH3 is 1. The Morgan fingerprint density at radius 1 is 1.14 bits per heavy atom. The molecule has 0 bridgehead atoms. The Balaban J connectivity index is 1.18. The molecule has 9 nitrogen and oxygen atoms in total. The first-order chi connectivity index (χ1) is 20.9. The van der Waals surface area contributed by atoms with Crippen molar-refractivity contribution in [2.75, 3.05) is 31.7 Å². The van der Waals surface area contributed by atoms with Crippen molar-refractivity contribution in [1.29, 1.82) is 5.26 Å². The lowest BCUT2D eigenvalue weighted by molar-refractivity contribution is -0.0588. The maximum atomic E-state index is 16.1. The van der Waals surface area contributed by atoms with Gasteiger partial charge in [-0.3, -0.25) is 0 Å². The van der Waals surface area contributed by atoms with E-state index in [0.29, 0.717) is 78.5 Å². The predicted octanol–water partition coefficient (Wildman–Crippen LogP) is 5.58. The molecule has 0 aliphatic carbocycles. The number of esters is 1. The second-order valence-electron chi connectivity index (χ2n) is 10.5. The van der Waals surface area contributed by atoms with Crippen LogP contribution in [0.4, 0.5) is 14.6 Å². The SMILES string of the molecule is COC(=O)c1ccc2nc(C(F)=C3CCN(c4cccc(OCc5ccc(C#N)cc5F)n4)CC3)n(C[C@@H]3CCO3)c2c1. The van der Waals surface area contributed by atoms with Crippen LogP contribution in [0.15, 0.2) is 60.2 Å². The number of ether oxygens (including phenoxy) is 3. The summed E-state index contributed by atoms with van der Waals surface area (Å²) in [5.41, 5.74) is 2.86. The number of benzene rings is 2. The van der Waals surface area contributed by atoms with Crippen molar-refractivity contribution in [3.8, 4) is 11.9 Å². The van der Waals surface area contributed by atoms with Crippen molar-refractivity contribution in [3.05, 3.63) is 88.5 Å². The van der Waals surface area contributed by atoms with E-state index in [1.807, 2.05) is 18.2 Å². The van der Waals surface area contributed by atoms with Gasteiger partial charge in [-0.15, -0.1) is 0 Å². The molecule has 43 heavy (non-hydrogen) atoms. The number of fused-ring (bicyclic) bond motifs is 1. The van der Waals surface area contributed by atoms with Crippen LogP contribution < -0.4 is 9.64 Å². The first kappa shape index (κ1) is 28.3. The second kappa shape index (κ2) is 12.2. The molecule has 0 unspecified atom stereocenters. The normalized spacial score (nSPS) is 16.5. The van der Waals surface area contributed by atoms with E-state index in [1.165, 1.54) is 19.2 Å². The topological polar surface area (TPSA) is 102 Å². The Kier molecular flexibility index (Phi) is 8.03. The predicted molar refractivity (Wildman–Crippen MR) is 155 cm³/mol. The summed E-state index contributed by atoms with van der Waals surface area (Å²) < 4.78 is 48.4. The number of anilines is 1. The highest BCUT2D eigenvalue weighted by Gasteiger charge is 2.27. The molecule has 2 saturated heterocycles. The molecule has 220 valence electrons. The van der Waals surface area contributed by atoms with Crippen LogP contribution in [0.1, 0.15) is 46.6 Å². The molecule has 0 amide bonds. The van der Waals surface area contributed by atoms with Gasteiger partial charge in [-0.2, -0.15) is 10.2 Å². The molecule has 11 heteroatoms. The molecule has 0 radical (unpaired) electrons. The fourth-order valence-corrected chi connectivity index (χ4v) is 5.28. The van der Waals surface area contributed by atoms with E-state index in [9.17, 15) is 9.18 Å². The van der Waals surface area contributed by atoms with Crippen molar-refractivity contribution in [3.63, 3.8) is 0 Å². The van der Waals surface area contributed by atoms with Crippen molar-refractivity contribution in [2.45, 2.75) is 38.5 Å². The molecular formula is C32H29F2N5O4. The molecule has 2 aromatic carbocycles. The number of carbonyl (C=O) groups excluding carboxylic acids is 1. The molecule has 2 fully saturated rings. The molecule has 6 rings (SSSR count). The summed E-state index contributed by atoms with van der Waals surface area (Å²) in [6.07, 6.45) is 1.80. The quantitative estimate of drug-likeness (QED) is 0.247. The van der Waals surface area contributed by atoms with Crippen LogP contribution in [0.25, 0.3) is 16.9 Å². The number of nitrogens with zero attached hydrogens (tertiary/aromatic N) is 5. The summed E-state index contributed by atoms with van der Waals surface area (Å²) in [6, 6.07) is 16.5. The van der Waals surface area contributed by atoms with E-state index in [4.69, 9.17) is 19.5 Å². The fourth-order valence-electron chi connectivity index (χ4n) is 5.28. The van der Waals surface area contributed by atoms with Gasteiger partial charge < -0.3 is 23.7 Å². The number of carbonyl (C=O) groups is 1. The number of rotatable bonds is 8. The standard InChI is InChI=1S/C32H29F2N5O4/c1-41-32(40)22-7-8-26-27(16-22)39(18-24-11-14-42-24)31(36-26)30(34)21-9-12-38(13-10-21)28-3-2-4-29(37-28)43-19-23-6-5-20(17-35)15-25(23)33/h2-8,15-16,24H,9-14,18-19H2,1H3/t24-/m0/s1. The first-order valence-corrected chi connectivity index (χ1v) is 14.0. The Morgan fingerprint density at radius 3 is 2.65 bits per heavy atom. The van der Waals surface area contributed by atoms with Gasteiger partial charge >= 0.3 is 5.97 Å². The summed E-state index contributed by atoms with van der Waals surface area (Å²) in [5.74, 6) is -0.0742. The van der Waals surface area contributed by atoms with E-state index in [2.05, 4.69) is 14.9 Å². The highest BCUT2D eigenvalue weighted by Crippen LogP contribution is 2.33. The molecule has 2 aromatic heterocycles. The number of hydrogen-bond acceptors (Lipinski definition) is 8. The van der Waals surface area contributed by atoms with E-state index in [1.54, 1.807) is 34.9 Å². The van der Waals surface area contributed by atoms with Crippen molar-refractivity contribution >= 4 is 28.6 Å². The van der Waals surface area contributed by atoms with Gasteiger partial charge in [0.25, 0.3) is 0 Å². The summed E-state index contributed by atoms with van der Waals surface area (Å²) in [5, 5.41) is 8.93. The summed E-state index contributed by atoms with van der Waals surface area (Å²) in [6.45, 7) is 2.17. The van der Waals surface area contributed by atoms with Crippen LogP contribution in [0.3, 0.4) is 0 Å². The Labute approximate surface area is 246 Å². The summed E-state index contributed by atoms with van der Waals surface area (Å²) >= 11 is 0. The number of piperidine rings is 1. The fraction of sp³-hybridized carbons (Fsp3) is 0.312. The van der Waals surface area contributed by atoms with Crippen LogP contribution in [0, 0.1) is 17.1 Å². The third kappa shape index (κ3) is 5.92. The van der Waals surface area contributed by atoms with E-state index in [0.717, 1.165) is 6.42 Å². The Morgan fingerprint density at radius 2 is 1.95 bits per heavy atom. The third-order valence-corrected chi connectivity index (χ3v) is 7.81. The monoisotopic (exact) mass is 585 g/mol. The van der Waals surface area contributed by atoms with Gasteiger partial charge in [0.15, 0.2) is 11.7 Å². The molecule has 0 saturated carbocycles. The van der Waals surface area contributed by atoms with Crippen LogP contribution >= 0.6 is 0 Å². The maximum Gasteiger partial charge on any atom is 0.337 e. The van der Waals surface area contributed by atoms with Crippen LogP contribution in [0.2, 0.25) is 0 Å². The van der Waals surface area contributed by atoms with Gasteiger partial charge in [0.2, 0.25) is 5.88 Å². The third-order valence-electron chi connectivity index (χ3n) is 7.81. The molecule has 4 heterocycles. The molecule has 1 atom stereocenters. The van der Waals surface area contributed by atoms with Gasteiger partial charge in [-0.1, -0.05) is 12.1 Å². The smallest absolute Gasteiger partial charge is 0.337 e. The van der Waals surface area contributed by atoms with Crippen LogP contribution in [-0.4, -0.2) is 53.4 Å². The van der Waals surface area contributed by atoms with Gasteiger partial charge in [0.1, 0.15) is 18.2 Å². The molecular weight excluding hydrogens is 556 g/mol. The maximum absolute atomic E-state index is 16.1. The molecule has 4 aromatic rings. The number of imidazole rings is 1. The highest BCUT2D eigenvalue weighted by atomic mass is 19.1. The molecule has 0 N–H and O–H groups in total. The molecule has 2 aliphatic heterocycles. The second-order valence-corrected chi connectivity index (χ2v) is 10.5. The highest BCUT2D eigenvalue weighted by molar-refractivity contribution is 5.94. The molecule has 0 spiro atoms. The van der Waals surface area contributed by atoms with Gasteiger partial charge in [-0.05, 0) is 61.2 Å². The largest absolute Gasteiger partial charge is 0.473 e. The number of pyridine rings is 1. The van der Waals surface area contributed by atoms with Crippen molar-refractivity contribution < 1.29 is 27.8 Å². The first-order valence-electron chi connectivity index (χ1n) is 14.0. The van der Waals surface area contributed by atoms with Gasteiger partial charge in [0.05, 0.1) is 48.0 Å². The van der Waals surface area contributed by atoms with Crippen molar-refractivity contribution in [2.24, 2.45) is 0 Å². The number of nitriles is 1. The number of halogens is 2. The van der Waals surface area contributed by atoms with Gasteiger partial charge in [0, 0.05) is 31.3 Å². The minimum absolute atomic E-state index is 0.0277. The Hall–Kier alpha value is -4.82. The minimum Gasteiger partial charge on any atom is -0.473 e. The van der Waals surface area contributed by atoms with Crippen LogP contribution in [-0.2, 0) is 22.6 Å². The number of hydrogen-bond donors (Lipinski definition) is 0. The zero-order valence-electron chi connectivity index (χ0n) is 23.6. The minimum atomic E-state index is -0.509.